The Morgan fingerprint density at radius 1 is 1.50 bits per heavy atom. The summed E-state index contributed by atoms with van der Waals surface area (Å²) < 4.78 is 2.78. The molecule has 1 aromatic carbocycles. The Morgan fingerprint density at radius 3 is 3.00 bits per heavy atom. The first-order chi connectivity index (χ1) is 8.65. The molecule has 0 aliphatic heterocycles. The van der Waals surface area contributed by atoms with Crippen molar-refractivity contribution in [1.82, 2.24) is 9.78 Å². The predicted molar refractivity (Wildman–Crippen MR) is 74.4 cm³/mol. The molecular formula is C13H14BrN3O. The van der Waals surface area contributed by atoms with Gasteiger partial charge in [0.15, 0.2) is 0 Å². The van der Waals surface area contributed by atoms with Crippen LogP contribution >= 0.6 is 15.9 Å². The molecule has 2 rings (SSSR count). The maximum absolute atomic E-state index is 11.7. The van der Waals surface area contributed by atoms with Gasteiger partial charge in [0, 0.05) is 35.5 Å². The van der Waals surface area contributed by atoms with Gasteiger partial charge < -0.3 is 5.32 Å². The Morgan fingerprint density at radius 2 is 2.33 bits per heavy atom. The molecule has 0 aliphatic rings. The number of aromatic nitrogens is 2. The molecule has 0 fully saturated rings. The van der Waals surface area contributed by atoms with E-state index < -0.39 is 0 Å². The molecule has 0 spiro atoms. The zero-order chi connectivity index (χ0) is 13.0. The largest absolute Gasteiger partial charge is 0.326 e. The van der Waals surface area contributed by atoms with Crippen LogP contribution in [0.5, 0.6) is 0 Å². The van der Waals surface area contributed by atoms with Gasteiger partial charge in [0.1, 0.15) is 0 Å². The van der Waals surface area contributed by atoms with Crippen LogP contribution in [-0.4, -0.2) is 15.7 Å². The van der Waals surface area contributed by atoms with Gasteiger partial charge in [-0.15, -0.1) is 0 Å². The molecule has 0 atom stereocenters. The Balaban J connectivity index is 1.88. The highest BCUT2D eigenvalue weighted by atomic mass is 79.9. The lowest BCUT2D eigenvalue weighted by atomic mass is 10.2. The summed E-state index contributed by atoms with van der Waals surface area (Å²) in [7, 11) is 0. The number of nitrogens with zero attached hydrogens (tertiary/aromatic N) is 2. The summed E-state index contributed by atoms with van der Waals surface area (Å²) in [4.78, 5) is 11.7. The normalized spacial score (nSPS) is 10.3. The zero-order valence-corrected chi connectivity index (χ0v) is 11.6. The van der Waals surface area contributed by atoms with Crippen molar-refractivity contribution in [2.24, 2.45) is 0 Å². The van der Waals surface area contributed by atoms with Crippen LogP contribution in [0.4, 0.5) is 5.69 Å². The first kappa shape index (κ1) is 12.8. The third kappa shape index (κ3) is 3.43. The van der Waals surface area contributed by atoms with Crippen molar-refractivity contribution in [3.63, 3.8) is 0 Å². The summed E-state index contributed by atoms with van der Waals surface area (Å²) in [5, 5.41) is 6.92. The minimum absolute atomic E-state index is 0.00720. The van der Waals surface area contributed by atoms with Gasteiger partial charge in [0.25, 0.3) is 0 Å². The maximum atomic E-state index is 11.7. The van der Waals surface area contributed by atoms with Crippen LogP contribution in [-0.2, 0) is 11.3 Å². The van der Waals surface area contributed by atoms with E-state index in [0.717, 1.165) is 15.7 Å². The predicted octanol–water partition coefficient (Wildman–Crippen LogP) is 2.98. The highest BCUT2D eigenvalue weighted by molar-refractivity contribution is 9.10. The molecule has 0 bridgehead atoms. The number of rotatable bonds is 4. The highest BCUT2D eigenvalue weighted by Crippen LogP contribution is 2.20. The van der Waals surface area contributed by atoms with Crippen LogP contribution < -0.4 is 5.32 Å². The number of aryl methyl sites for hydroxylation is 2. The molecular weight excluding hydrogens is 294 g/mol. The lowest BCUT2D eigenvalue weighted by Crippen LogP contribution is -2.14. The van der Waals surface area contributed by atoms with Crippen molar-refractivity contribution in [2.75, 3.05) is 5.32 Å². The quantitative estimate of drug-likeness (QED) is 0.944. The molecule has 0 unspecified atom stereocenters. The monoisotopic (exact) mass is 307 g/mol. The van der Waals surface area contributed by atoms with Gasteiger partial charge in [0.05, 0.1) is 0 Å². The van der Waals surface area contributed by atoms with Crippen molar-refractivity contribution in [2.45, 2.75) is 19.9 Å². The Labute approximate surface area is 114 Å². The van der Waals surface area contributed by atoms with Crippen molar-refractivity contribution < 1.29 is 4.79 Å². The van der Waals surface area contributed by atoms with E-state index >= 15 is 0 Å². The van der Waals surface area contributed by atoms with Crippen LogP contribution in [0, 0.1) is 6.92 Å². The van der Waals surface area contributed by atoms with Gasteiger partial charge in [0.2, 0.25) is 5.91 Å². The number of amides is 1. The Bertz CT molecular complexity index is 537. The lowest BCUT2D eigenvalue weighted by molar-refractivity contribution is -0.116. The van der Waals surface area contributed by atoms with E-state index in [-0.39, 0.29) is 5.91 Å². The molecule has 0 saturated heterocycles. The molecule has 0 radical (unpaired) electrons. The van der Waals surface area contributed by atoms with Crippen LogP contribution in [0.2, 0.25) is 0 Å². The van der Waals surface area contributed by atoms with Gasteiger partial charge in [-0.05, 0) is 36.8 Å². The molecule has 1 heterocycles. The van der Waals surface area contributed by atoms with E-state index in [2.05, 4.69) is 26.3 Å². The molecule has 1 amide bonds. The van der Waals surface area contributed by atoms with E-state index in [1.807, 2.05) is 37.4 Å². The van der Waals surface area contributed by atoms with Crippen molar-refractivity contribution in [1.29, 1.82) is 0 Å². The minimum atomic E-state index is -0.00720. The summed E-state index contributed by atoms with van der Waals surface area (Å²) in [5.74, 6) is -0.00720. The number of halogens is 1. The van der Waals surface area contributed by atoms with Crippen molar-refractivity contribution in [3.8, 4) is 0 Å². The topological polar surface area (TPSA) is 46.9 Å². The summed E-state index contributed by atoms with van der Waals surface area (Å²) >= 11 is 3.43. The molecule has 1 aromatic heterocycles. The van der Waals surface area contributed by atoms with Gasteiger partial charge in [-0.2, -0.15) is 5.10 Å². The van der Waals surface area contributed by atoms with Gasteiger partial charge in [-0.25, -0.2) is 0 Å². The summed E-state index contributed by atoms with van der Waals surface area (Å²) in [6.45, 7) is 2.58. The number of carbonyl (C=O) groups is 1. The second-order valence-electron chi connectivity index (χ2n) is 4.03. The number of carbonyl (C=O) groups excluding carboxylic acids is 1. The standard InChI is InChI=1S/C13H14BrN3O/c1-10-9-11(3-4-12(10)14)16-13(18)5-8-17-7-2-6-15-17/h2-4,6-7,9H,5,8H2,1H3,(H,16,18). The first-order valence-corrected chi connectivity index (χ1v) is 6.48. The fourth-order valence-electron chi connectivity index (χ4n) is 1.59. The van der Waals surface area contributed by atoms with E-state index in [4.69, 9.17) is 0 Å². The maximum Gasteiger partial charge on any atom is 0.226 e. The number of anilines is 1. The molecule has 4 nitrogen and oxygen atoms in total. The molecule has 2 aromatic rings. The second kappa shape index (κ2) is 5.82. The second-order valence-corrected chi connectivity index (χ2v) is 4.89. The van der Waals surface area contributed by atoms with Crippen LogP contribution in [0.1, 0.15) is 12.0 Å². The van der Waals surface area contributed by atoms with E-state index in [9.17, 15) is 4.79 Å². The minimum Gasteiger partial charge on any atom is -0.326 e. The third-order valence-corrected chi connectivity index (χ3v) is 3.46. The van der Waals surface area contributed by atoms with Crippen LogP contribution in [0.3, 0.4) is 0 Å². The summed E-state index contributed by atoms with van der Waals surface area (Å²) in [5.41, 5.74) is 1.92. The average molecular weight is 308 g/mol. The number of benzene rings is 1. The summed E-state index contributed by atoms with van der Waals surface area (Å²) in [6.07, 6.45) is 3.96. The molecule has 5 heteroatoms. The highest BCUT2D eigenvalue weighted by Gasteiger charge is 2.04. The van der Waals surface area contributed by atoms with Crippen molar-refractivity contribution in [3.05, 3.63) is 46.7 Å². The SMILES string of the molecule is Cc1cc(NC(=O)CCn2cccn2)ccc1Br. The number of hydrogen-bond acceptors (Lipinski definition) is 2. The fraction of sp³-hybridized carbons (Fsp3) is 0.231. The average Bonchev–Trinajstić information content (AvgIpc) is 2.84. The summed E-state index contributed by atoms with van der Waals surface area (Å²) in [6, 6.07) is 7.59. The van der Waals surface area contributed by atoms with E-state index in [1.54, 1.807) is 10.9 Å². The van der Waals surface area contributed by atoms with Crippen molar-refractivity contribution >= 4 is 27.5 Å². The van der Waals surface area contributed by atoms with Crippen LogP contribution in [0.25, 0.3) is 0 Å². The number of nitrogens with one attached hydrogen (secondary N) is 1. The third-order valence-electron chi connectivity index (χ3n) is 2.57. The van der Waals surface area contributed by atoms with Gasteiger partial charge in [-0.3, -0.25) is 9.48 Å². The number of hydrogen-bond donors (Lipinski definition) is 1. The Hall–Kier alpha value is -1.62. The lowest BCUT2D eigenvalue weighted by Gasteiger charge is -2.07. The first-order valence-electron chi connectivity index (χ1n) is 5.68. The zero-order valence-electron chi connectivity index (χ0n) is 10.1. The molecule has 94 valence electrons. The molecule has 0 saturated carbocycles. The van der Waals surface area contributed by atoms with Gasteiger partial charge >= 0.3 is 0 Å². The molecule has 18 heavy (non-hydrogen) atoms. The van der Waals surface area contributed by atoms with E-state index in [0.29, 0.717) is 13.0 Å². The van der Waals surface area contributed by atoms with E-state index in [1.165, 1.54) is 0 Å². The smallest absolute Gasteiger partial charge is 0.226 e. The fourth-order valence-corrected chi connectivity index (χ4v) is 1.84. The van der Waals surface area contributed by atoms with Crippen LogP contribution in [0.15, 0.2) is 41.1 Å². The molecule has 1 N–H and O–H groups in total. The van der Waals surface area contributed by atoms with Gasteiger partial charge in [-0.1, -0.05) is 15.9 Å². The Kier molecular flexibility index (Phi) is 4.15. The molecule has 0 aliphatic carbocycles.